The molecule has 0 aromatic heterocycles. The third-order valence-corrected chi connectivity index (χ3v) is 1.62. The van der Waals surface area contributed by atoms with Crippen molar-refractivity contribution in [2.24, 2.45) is 5.92 Å². The van der Waals surface area contributed by atoms with Crippen LogP contribution in [0.2, 0.25) is 0 Å². The Labute approximate surface area is 62.6 Å². The fourth-order valence-electron chi connectivity index (χ4n) is 0.971. The van der Waals surface area contributed by atoms with Crippen molar-refractivity contribution >= 4 is 11.9 Å². The number of carboxylic acids is 2. The molecule has 1 aliphatic rings. The van der Waals surface area contributed by atoms with Crippen LogP contribution in [0.3, 0.4) is 0 Å². The molecule has 5 nitrogen and oxygen atoms in total. The van der Waals surface area contributed by atoms with Gasteiger partial charge in [0.15, 0.2) is 6.10 Å². The van der Waals surface area contributed by atoms with Gasteiger partial charge in [-0.05, 0) is 6.42 Å². The first-order valence-electron chi connectivity index (χ1n) is 3.18. The maximum atomic E-state index is 10.3. The van der Waals surface area contributed by atoms with Crippen LogP contribution in [0.4, 0.5) is 0 Å². The summed E-state index contributed by atoms with van der Waals surface area (Å²) in [5.74, 6) is -2.74. The van der Waals surface area contributed by atoms with Gasteiger partial charge in [-0.1, -0.05) is 0 Å². The minimum absolute atomic E-state index is 0.00625. The molecular weight excluding hydrogens is 152 g/mol. The molecule has 0 aromatic rings. The Morgan fingerprint density at radius 1 is 1.27 bits per heavy atom. The van der Waals surface area contributed by atoms with Gasteiger partial charge in [0.05, 0.1) is 12.5 Å². The summed E-state index contributed by atoms with van der Waals surface area (Å²) < 4.78 is 4.71. The van der Waals surface area contributed by atoms with Gasteiger partial charge in [-0.15, -0.1) is 0 Å². The molecule has 2 N–H and O–H groups in total. The van der Waals surface area contributed by atoms with Gasteiger partial charge in [-0.25, -0.2) is 4.79 Å². The van der Waals surface area contributed by atoms with E-state index in [4.69, 9.17) is 14.9 Å². The lowest BCUT2D eigenvalue weighted by Gasteiger charge is -1.99. The summed E-state index contributed by atoms with van der Waals surface area (Å²) in [7, 11) is 0. The van der Waals surface area contributed by atoms with E-state index in [0.29, 0.717) is 0 Å². The highest BCUT2D eigenvalue weighted by atomic mass is 16.5. The standard InChI is InChI=1S/C6H8O5/c7-5(8)3-1-4(6(9)10)11-2-3/h3-4H,1-2H2,(H,7,8)(H,9,10)/t3-,4-/m1/s1. The minimum atomic E-state index is -1.09. The molecule has 2 atom stereocenters. The van der Waals surface area contributed by atoms with Crippen LogP contribution in [-0.2, 0) is 14.3 Å². The third-order valence-electron chi connectivity index (χ3n) is 1.62. The lowest BCUT2D eigenvalue weighted by atomic mass is 10.1. The van der Waals surface area contributed by atoms with Gasteiger partial charge in [0.25, 0.3) is 0 Å². The maximum Gasteiger partial charge on any atom is 0.332 e. The lowest BCUT2D eigenvalue weighted by molar-refractivity contribution is -0.147. The third kappa shape index (κ3) is 1.68. The number of hydrogen-bond donors (Lipinski definition) is 2. The highest BCUT2D eigenvalue weighted by Crippen LogP contribution is 2.19. The minimum Gasteiger partial charge on any atom is -0.481 e. The molecule has 1 fully saturated rings. The maximum absolute atomic E-state index is 10.3. The predicted molar refractivity (Wildman–Crippen MR) is 33.1 cm³/mol. The second-order valence-electron chi connectivity index (χ2n) is 2.43. The second-order valence-corrected chi connectivity index (χ2v) is 2.43. The van der Waals surface area contributed by atoms with Crippen LogP contribution in [0.25, 0.3) is 0 Å². The average Bonchev–Trinajstić information content (AvgIpc) is 2.33. The molecule has 0 amide bonds. The van der Waals surface area contributed by atoms with Gasteiger partial charge in [-0.3, -0.25) is 4.79 Å². The lowest BCUT2D eigenvalue weighted by Crippen LogP contribution is -2.19. The Bertz CT molecular complexity index is 167. The summed E-state index contributed by atoms with van der Waals surface area (Å²) in [5, 5.41) is 16.8. The topological polar surface area (TPSA) is 83.8 Å². The van der Waals surface area contributed by atoms with Gasteiger partial charge in [0.1, 0.15) is 0 Å². The molecular formula is C6H8O5. The molecule has 1 heterocycles. The molecule has 0 saturated carbocycles. The summed E-state index contributed by atoms with van der Waals surface area (Å²) in [6.45, 7) is 0.00625. The Morgan fingerprint density at radius 3 is 2.18 bits per heavy atom. The van der Waals surface area contributed by atoms with Crippen LogP contribution in [0.5, 0.6) is 0 Å². The van der Waals surface area contributed by atoms with Gasteiger partial charge < -0.3 is 14.9 Å². The number of aliphatic carboxylic acids is 2. The molecule has 0 aromatic carbocycles. The zero-order chi connectivity index (χ0) is 8.43. The van der Waals surface area contributed by atoms with Crippen LogP contribution >= 0.6 is 0 Å². The molecule has 62 valence electrons. The largest absolute Gasteiger partial charge is 0.481 e. The van der Waals surface area contributed by atoms with Gasteiger partial charge in [-0.2, -0.15) is 0 Å². The van der Waals surface area contributed by atoms with E-state index in [1.54, 1.807) is 0 Å². The van der Waals surface area contributed by atoms with Gasteiger partial charge >= 0.3 is 11.9 Å². The Kier molecular flexibility index (Phi) is 2.09. The van der Waals surface area contributed by atoms with Crippen LogP contribution in [0.1, 0.15) is 6.42 Å². The van der Waals surface area contributed by atoms with Crippen molar-refractivity contribution in [2.45, 2.75) is 12.5 Å². The van der Waals surface area contributed by atoms with E-state index in [1.807, 2.05) is 0 Å². The highest BCUT2D eigenvalue weighted by Gasteiger charge is 2.34. The van der Waals surface area contributed by atoms with Crippen molar-refractivity contribution in [3.8, 4) is 0 Å². The Hall–Kier alpha value is -1.10. The molecule has 0 radical (unpaired) electrons. The summed E-state index contributed by atoms with van der Waals surface area (Å²) in [5.41, 5.74) is 0. The fraction of sp³-hybridized carbons (Fsp3) is 0.667. The average molecular weight is 160 g/mol. The van der Waals surface area contributed by atoms with E-state index < -0.39 is 24.0 Å². The van der Waals surface area contributed by atoms with E-state index in [9.17, 15) is 9.59 Å². The molecule has 0 bridgehead atoms. The number of rotatable bonds is 2. The first-order chi connectivity index (χ1) is 5.11. The summed E-state index contributed by atoms with van der Waals surface area (Å²) in [6.07, 6.45) is -0.860. The van der Waals surface area contributed by atoms with Crippen LogP contribution < -0.4 is 0 Å². The van der Waals surface area contributed by atoms with Gasteiger partial charge in [0.2, 0.25) is 0 Å². The van der Waals surface area contributed by atoms with E-state index in [-0.39, 0.29) is 13.0 Å². The molecule has 5 heteroatoms. The molecule has 1 rings (SSSR count). The number of carboxylic acid groups (broad SMARTS) is 2. The predicted octanol–water partition coefficient (Wildman–Crippen LogP) is -0.439. The molecule has 1 aliphatic heterocycles. The SMILES string of the molecule is O=C(O)[C@H]1CO[C@@H](C(=O)O)C1. The van der Waals surface area contributed by atoms with E-state index in [1.165, 1.54) is 0 Å². The van der Waals surface area contributed by atoms with Crippen LogP contribution in [0.15, 0.2) is 0 Å². The molecule has 0 unspecified atom stereocenters. The summed E-state index contributed by atoms with van der Waals surface area (Å²) in [6, 6.07) is 0. The quantitative estimate of drug-likeness (QED) is 0.572. The summed E-state index contributed by atoms with van der Waals surface area (Å²) in [4.78, 5) is 20.5. The van der Waals surface area contributed by atoms with E-state index in [0.717, 1.165) is 0 Å². The number of hydrogen-bond acceptors (Lipinski definition) is 3. The summed E-state index contributed by atoms with van der Waals surface area (Å²) >= 11 is 0. The molecule has 1 saturated heterocycles. The molecule has 11 heavy (non-hydrogen) atoms. The Morgan fingerprint density at radius 2 is 1.91 bits per heavy atom. The van der Waals surface area contributed by atoms with Crippen LogP contribution in [-0.4, -0.2) is 34.9 Å². The zero-order valence-corrected chi connectivity index (χ0v) is 5.69. The second kappa shape index (κ2) is 2.87. The van der Waals surface area contributed by atoms with Gasteiger partial charge in [0, 0.05) is 0 Å². The van der Waals surface area contributed by atoms with Crippen LogP contribution in [0, 0.1) is 5.92 Å². The fourth-order valence-corrected chi connectivity index (χ4v) is 0.971. The first-order valence-corrected chi connectivity index (χ1v) is 3.18. The zero-order valence-electron chi connectivity index (χ0n) is 5.69. The highest BCUT2D eigenvalue weighted by molar-refractivity contribution is 5.76. The number of carbonyl (C=O) groups is 2. The first kappa shape index (κ1) is 8.00. The molecule has 0 spiro atoms. The Balaban J connectivity index is 2.47. The van der Waals surface area contributed by atoms with E-state index in [2.05, 4.69) is 0 Å². The van der Waals surface area contributed by atoms with Crippen molar-refractivity contribution < 1.29 is 24.5 Å². The number of ether oxygens (including phenoxy) is 1. The normalized spacial score (nSPS) is 30.2. The van der Waals surface area contributed by atoms with Crippen molar-refractivity contribution in [3.05, 3.63) is 0 Å². The van der Waals surface area contributed by atoms with Crippen molar-refractivity contribution in [3.63, 3.8) is 0 Å². The van der Waals surface area contributed by atoms with Crippen molar-refractivity contribution in [1.29, 1.82) is 0 Å². The van der Waals surface area contributed by atoms with Crippen molar-refractivity contribution in [1.82, 2.24) is 0 Å². The molecule has 0 aliphatic carbocycles. The van der Waals surface area contributed by atoms with E-state index >= 15 is 0 Å². The monoisotopic (exact) mass is 160 g/mol. The smallest absolute Gasteiger partial charge is 0.332 e. The van der Waals surface area contributed by atoms with Crippen molar-refractivity contribution in [2.75, 3.05) is 6.61 Å².